The second-order valence-corrected chi connectivity index (χ2v) is 7.09. The summed E-state index contributed by atoms with van der Waals surface area (Å²) in [5, 5.41) is 0. The molecule has 0 N–H and O–H groups in total. The van der Waals surface area contributed by atoms with Crippen LogP contribution in [0, 0.1) is 12.8 Å². The first-order valence-electron chi connectivity index (χ1n) is 9.52. The second-order valence-electron chi connectivity index (χ2n) is 7.09. The van der Waals surface area contributed by atoms with Crippen LogP contribution in [0.4, 0.5) is 5.69 Å². The fourth-order valence-corrected chi connectivity index (χ4v) is 3.05. The Morgan fingerprint density at radius 3 is 2.50 bits per heavy atom. The van der Waals surface area contributed by atoms with Crippen molar-refractivity contribution < 1.29 is 4.74 Å². The first kappa shape index (κ1) is 20.4. The van der Waals surface area contributed by atoms with Crippen molar-refractivity contribution in [1.82, 2.24) is 9.88 Å². The van der Waals surface area contributed by atoms with Gasteiger partial charge in [0.05, 0.1) is 6.61 Å². The number of para-hydroxylation sites is 1. The van der Waals surface area contributed by atoms with E-state index < -0.39 is 0 Å². The molecule has 1 fully saturated rings. The van der Waals surface area contributed by atoms with Crippen LogP contribution in [0.15, 0.2) is 48.7 Å². The highest BCUT2D eigenvalue weighted by molar-refractivity contribution is 5.43. The lowest BCUT2D eigenvalue weighted by atomic mass is 10.1. The Kier molecular flexibility index (Phi) is 8.59. The third-order valence-corrected chi connectivity index (χ3v) is 4.58. The van der Waals surface area contributed by atoms with Gasteiger partial charge in [-0.25, -0.2) is 0 Å². The number of likely N-dealkylation sites (tertiary alicyclic amines) is 1. The highest BCUT2D eigenvalue weighted by Crippen LogP contribution is 2.18. The maximum absolute atomic E-state index is 5.49. The van der Waals surface area contributed by atoms with E-state index >= 15 is 0 Å². The van der Waals surface area contributed by atoms with Crippen molar-refractivity contribution in [2.24, 2.45) is 5.92 Å². The van der Waals surface area contributed by atoms with Crippen molar-refractivity contribution in [2.45, 2.75) is 26.8 Å². The number of aromatic nitrogens is 1. The Hall–Kier alpha value is -1.91. The normalized spacial score (nSPS) is 16.8. The van der Waals surface area contributed by atoms with E-state index in [4.69, 9.17) is 4.74 Å². The Morgan fingerprint density at radius 2 is 1.92 bits per heavy atom. The summed E-state index contributed by atoms with van der Waals surface area (Å²) in [6, 6.07) is 14.5. The highest BCUT2D eigenvalue weighted by Gasteiger charge is 2.22. The van der Waals surface area contributed by atoms with Gasteiger partial charge in [-0.1, -0.05) is 24.3 Å². The number of nitrogens with zero attached hydrogens (tertiary/aromatic N) is 3. The predicted octanol–water partition coefficient (Wildman–Crippen LogP) is 4.00. The number of rotatable bonds is 6. The first-order chi connectivity index (χ1) is 12.6. The number of ether oxygens (including phenoxy) is 1. The minimum atomic E-state index is 0.716. The molecule has 142 valence electrons. The molecule has 1 aromatic carbocycles. The van der Waals surface area contributed by atoms with Gasteiger partial charge in [0.25, 0.3) is 0 Å². The van der Waals surface area contributed by atoms with E-state index in [1.807, 2.05) is 45.4 Å². The highest BCUT2D eigenvalue weighted by atomic mass is 16.5. The van der Waals surface area contributed by atoms with Gasteiger partial charge in [-0.2, -0.15) is 0 Å². The zero-order chi connectivity index (χ0) is 18.8. The van der Waals surface area contributed by atoms with Crippen molar-refractivity contribution >= 4 is 5.69 Å². The average Bonchev–Trinajstić information content (AvgIpc) is 3.10. The van der Waals surface area contributed by atoms with E-state index in [1.54, 1.807) is 0 Å². The smallest absolute Gasteiger partial charge is 0.0506 e. The molecule has 0 radical (unpaired) electrons. The molecule has 2 heterocycles. The summed E-state index contributed by atoms with van der Waals surface area (Å²) >= 11 is 0. The van der Waals surface area contributed by atoms with Gasteiger partial charge in [0.2, 0.25) is 0 Å². The standard InChI is InChI=1S/C14H22N2O.C8H11N/c1-3-17-11-14-6-7-16(10-14)9-13-5-4-12(2)15-8-13;1-9(2)8-6-4-3-5-7-8/h4-5,8,14H,3,6-7,9-11H2,1-2H3;3-7H,1-2H3. The summed E-state index contributed by atoms with van der Waals surface area (Å²) in [6.07, 6.45) is 3.25. The van der Waals surface area contributed by atoms with Gasteiger partial charge in [-0.05, 0) is 56.5 Å². The minimum Gasteiger partial charge on any atom is -0.381 e. The third-order valence-electron chi connectivity index (χ3n) is 4.58. The van der Waals surface area contributed by atoms with Gasteiger partial charge in [-0.3, -0.25) is 9.88 Å². The van der Waals surface area contributed by atoms with Gasteiger partial charge in [-0.15, -0.1) is 0 Å². The van der Waals surface area contributed by atoms with Crippen LogP contribution in [-0.4, -0.2) is 50.3 Å². The molecule has 1 aromatic heterocycles. The number of anilines is 1. The molecule has 0 spiro atoms. The molecule has 1 atom stereocenters. The maximum Gasteiger partial charge on any atom is 0.0506 e. The van der Waals surface area contributed by atoms with E-state index in [0.717, 1.165) is 32.0 Å². The maximum atomic E-state index is 5.49. The topological polar surface area (TPSA) is 28.6 Å². The molecule has 1 saturated heterocycles. The molecule has 2 aromatic rings. The van der Waals surface area contributed by atoms with E-state index in [2.05, 4.69) is 46.0 Å². The molecule has 4 heteroatoms. The lowest BCUT2D eigenvalue weighted by Gasteiger charge is -2.15. The number of hydrogen-bond acceptors (Lipinski definition) is 4. The predicted molar refractivity (Wildman–Crippen MR) is 110 cm³/mol. The van der Waals surface area contributed by atoms with Gasteiger partial charge >= 0.3 is 0 Å². The summed E-state index contributed by atoms with van der Waals surface area (Å²) in [6.45, 7) is 9.20. The molecule has 1 unspecified atom stereocenters. The Morgan fingerprint density at radius 1 is 1.15 bits per heavy atom. The monoisotopic (exact) mass is 355 g/mol. The van der Waals surface area contributed by atoms with Crippen LogP contribution in [0.25, 0.3) is 0 Å². The SMILES string of the molecule is CCOCC1CCN(Cc2ccc(C)nc2)C1.CN(C)c1ccccc1. The lowest BCUT2D eigenvalue weighted by molar-refractivity contribution is 0.111. The van der Waals surface area contributed by atoms with E-state index in [9.17, 15) is 0 Å². The summed E-state index contributed by atoms with van der Waals surface area (Å²) < 4.78 is 5.49. The minimum absolute atomic E-state index is 0.716. The van der Waals surface area contributed by atoms with Crippen molar-refractivity contribution in [2.75, 3.05) is 45.3 Å². The van der Waals surface area contributed by atoms with E-state index in [-0.39, 0.29) is 0 Å². The molecular weight excluding hydrogens is 322 g/mol. The fraction of sp³-hybridized carbons (Fsp3) is 0.500. The van der Waals surface area contributed by atoms with Crippen LogP contribution in [0.1, 0.15) is 24.6 Å². The largest absolute Gasteiger partial charge is 0.381 e. The van der Waals surface area contributed by atoms with Crippen LogP contribution in [-0.2, 0) is 11.3 Å². The van der Waals surface area contributed by atoms with E-state index in [1.165, 1.54) is 24.2 Å². The van der Waals surface area contributed by atoms with Gasteiger partial charge < -0.3 is 9.64 Å². The summed E-state index contributed by atoms with van der Waals surface area (Å²) in [4.78, 5) is 8.92. The van der Waals surface area contributed by atoms with Crippen LogP contribution in [0.5, 0.6) is 0 Å². The van der Waals surface area contributed by atoms with Gasteiger partial charge in [0, 0.05) is 51.4 Å². The van der Waals surface area contributed by atoms with Gasteiger partial charge in [0.15, 0.2) is 0 Å². The van der Waals surface area contributed by atoms with Crippen molar-refractivity contribution in [1.29, 1.82) is 0 Å². The van der Waals surface area contributed by atoms with Crippen molar-refractivity contribution in [3.05, 3.63) is 59.9 Å². The van der Waals surface area contributed by atoms with E-state index in [0.29, 0.717) is 5.92 Å². The first-order valence-corrected chi connectivity index (χ1v) is 9.52. The zero-order valence-corrected chi connectivity index (χ0v) is 16.7. The van der Waals surface area contributed by atoms with Crippen molar-refractivity contribution in [3.63, 3.8) is 0 Å². The molecule has 0 saturated carbocycles. The molecule has 3 rings (SSSR count). The molecule has 1 aliphatic rings. The van der Waals surface area contributed by atoms with Crippen LogP contribution in [0.2, 0.25) is 0 Å². The van der Waals surface area contributed by atoms with Gasteiger partial charge in [0.1, 0.15) is 0 Å². The zero-order valence-electron chi connectivity index (χ0n) is 16.7. The average molecular weight is 356 g/mol. The molecule has 1 aliphatic heterocycles. The Labute approximate surface area is 158 Å². The molecule has 0 amide bonds. The number of benzene rings is 1. The number of hydrogen-bond donors (Lipinski definition) is 0. The number of pyridine rings is 1. The van der Waals surface area contributed by atoms with Crippen molar-refractivity contribution in [3.8, 4) is 0 Å². The van der Waals surface area contributed by atoms with Crippen LogP contribution < -0.4 is 4.90 Å². The molecule has 0 aliphatic carbocycles. The quantitative estimate of drug-likeness (QED) is 0.783. The summed E-state index contributed by atoms with van der Waals surface area (Å²) in [5.41, 5.74) is 3.65. The number of aryl methyl sites for hydroxylation is 1. The fourth-order valence-electron chi connectivity index (χ4n) is 3.05. The van der Waals surface area contributed by atoms with Crippen LogP contribution >= 0.6 is 0 Å². The Balaban J connectivity index is 0.000000228. The molecule has 4 nitrogen and oxygen atoms in total. The summed E-state index contributed by atoms with van der Waals surface area (Å²) in [5.74, 6) is 0.716. The lowest BCUT2D eigenvalue weighted by Crippen LogP contribution is -2.21. The molecule has 26 heavy (non-hydrogen) atoms. The summed E-state index contributed by atoms with van der Waals surface area (Å²) in [7, 11) is 4.07. The molecule has 0 bridgehead atoms. The van der Waals surface area contributed by atoms with Crippen LogP contribution in [0.3, 0.4) is 0 Å². The third kappa shape index (κ3) is 7.14. The Bertz CT molecular complexity index is 613. The molecular formula is C22H33N3O. The second kappa shape index (κ2) is 10.9.